The number of benzene rings is 3. The second kappa shape index (κ2) is 48.5. The average molecular weight is 1010 g/mol. The van der Waals surface area contributed by atoms with Gasteiger partial charge in [-0.15, -0.1) is 0 Å². The predicted octanol–water partition coefficient (Wildman–Crippen LogP) is 13.0. The summed E-state index contributed by atoms with van der Waals surface area (Å²) in [5.74, 6) is 0. The molecule has 342 valence electrons. The molecule has 0 unspecified atom stereocenters. The summed E-state index contributed by atoms with van der Waals surface area (Å²) >= 11 is 6.93. The van der Waals surface area contributed by atoms with Gasteiger partial charge in [0.15, 0.2) is 0 Å². The van der Waals surface area contributed by atoms with E-state index in [0.717, 1.165) is 42.7 Å². The Kier molecular flexibility index (Phi) is 51.5. The number of aliphatic hydroxyl groups excluding tert-OH is 1. The lowest BCUT2D eigenvalue weighted by molar-refractivity contribution is 0.117. The lowest BCUT2D eigenvalue weighted by Gasteiger charge is -2.12. The third-order valence-corrected chi connectivity index (χ3v) is 10.9. The predicted molar refractivity (Wildman–Crippen MR) is 280 cm³/mol. The number of halogens is 2. The smallest absolute Gasteiger partial charge is 0.0659 e. The van der Waals surface area contributed by atoms with E-state index in [0.29, 0.717) is 13.2 Å². The number of aliphatic hydroxyl groups is 1. The zero-order valence-electron chi connectivity index (χ0n) is 36.2. The van der Waals surface area contributed by atoms with Gasteiger partial charge < -0.3 is 31.8 Å². The zero-order valence-corrected chi connectivity index (χ0v) is 42.4. The Morgan fingerprint density at radius 2 is 0.610 bits per heavy atom. The van der Waals surface area contributed by atoms with Gasteiger partial charge in [-0.2, -0.15) is 40.5 Å². The fraction of sp³-hybridized carbons (Fsp3) is 0.625. The molecule has 3 aromatic rings. The molecule has 0 bridgehead atoms. The third-order valence-electron chi connectivity index (χ3n) is 9.82. The van der Waals surface area contributed by atoms with Gasteiger partial charge in [0, 0.05) is 23.9 Å². The van der Waals surface area contributed by atoms with E-state index in [1.807, 2.05) is 66.7 Å². The molecule has 0 spiro atoms. The lowest BCUT2D eigenvalue weighted by Crippen LogP contribution is -2.17. The number of rotatable bonds is 32. The summed E-state index contributed by atoms with van der Waals surface area (Å²) in [5.41, 5.74) is 21.1. The SMILES string of the molecule is BrCCCCCCCCCCCCBr.N[C@H](CO)c1ccccc1.N[C@H](COCCCCCCCCCCCCOC[C@@H](N)c1ccccc1)c1ccccc1.S.S.S. The van der Waals surface area contributed by atoms with Crippen LogP contribution in [0.3, 0.4) is 0 Å². The van der Waals surface area contributed by atoms with Crippen LogP contribution in [-0.2, 0) is 9.47 Å². The fourth-order valence-electron chi connectivity index (χ4n) is 6.24. The number of nitrogens with two attached hydrogens (primary N) is 3. The maximum absolute atomic E-state index is 8.66. The summed E-state index contributed by atoms with van der Waals surface area (Å²) in [4.78, 5) is 0. The van der Waals surface area contributed by atoms with E-state index in [9.17, 15) is 0 Å². The van der Waals surface area contributed by atoms with Crippen LogP contribution >= 0.6 is 72.3 Å². The largest absolute Gasteiger partial charge is 0.394 e. The van der Waals surface area contributed by atoms with Crippen LogP contribution in [0, 0.1) is 0 Å². The molecular weight excluding hydrogens is 923 g/mol. The molecule has 0 aliphatic carbocycles. The monoisotopic (exact) mass is 1010 g/mol. The van der Waals surface area contributed by atoms with Crippen molar-refractivity contribution >= 4 is 72.3 Å². The highest BCUT2D eigenvalue weighted by Crippen LogP contribution is 2.15. The van der Waals surface area contributed by atoms with Crippen LogP contribution in [0.25, 0.3) is 0 Å². The normalized spacial score (nSPS) is 11.9. The Labute approximate surface area is 399 Å². The first-order chi connectivity index (χ1) is 27.5. The van der Waals surface area contributed by atoms with Gasteiger partial charge >= 0.3 is 0 Å². The summed E-state index contributed by atoms with van der Waals surface area (Å²) in [7, 11) is 0. The minimum atomic E-state index is -0.235. The number of hydrogen-bond donors (Lipinski definition) is 4. The summed E-state index contributed by atoms with van der Waals surface area (Å²) in [6.45, 7) is 2.85. The van der Waals surface area contributed by atoms with E-state index in [1.165, 1.54) is 126 Å². The second-order valence-corrected chi connectivity index (χ2v) is 16.4. The third kappa shape index (κ3) is 38.8. The van der Waals surface area contributed by atoms with Crippen LogP contribution < -0.4 is 17.2 Å². The fourth-order valence-corrected chi connectivity index (χ4v) is 7.04. The molecule has 0 aromatic heterocycles. The van der Waals surface area contributed by atoms with E-state index in [4.69, 9.17) is 31.8 Å². The summed E-state index contributed by atoms with van der Waals surface area (Å²) < 4.78 is 11.5. The van der Waals surface area contributed by atoms with Crippen LogP contribution in [-0.4, -0.2) is 48.8 Å². The molecule has 0 saturated heterocycles. The van der Waals surface area contributed by atoms with Crippen LogP contribution in [0.5, 0.6) is 0 Å². The van der Waals surface area contributed by atoms with Crippen LogP contribution in [0.4, 0.5) is 0 Å². The maximum Gasteiger partial charge on any atom is 0.0659 e. The molecule has 7 N–H and O–H groups in total. The van der Waals surface area contributed by atoms with Gasteiger partial charge in [-0.25, -0.2) is 0 Å². The van der Waals surface area contributed by atoms with Crippen molar-refractivity contribution in [1.82, 2.24) is 0 Å². The first-order valence-electron chi connectivity index (χ1n) is 21.8. The lowest BCUT2D eigenvalue weighted by atomic mass is 10.1. The molecule has 0 radical (unpaired) electrons. The Balaban J connectivity index is -0.000000961. The highest BCUT2D eigenvalue weighted by Gasteiger charge is 2.06. The van der Waals surface area contributed by atoms with Crippen LogP contribution in [0.15, 0.2) is 91.0 Å². The molecule has 0 aliphatic heterocycles. The molecule has 0 saturated carbocycles. The molecule has 3 atom stereocenters. The van der Waals surface area contributed by atoms with Crippen molar-refractivity contribution in [3.63, 3.8) is 0 Å². The maximum atomic E-state index is 8.66. The summed E-state index contributed by atoms with van der Waals surface area (Å²) in [6.07, 6.45) is 27.0. The Morgan fingerprint density at radius 3 is 0.864 bits per heavy atom. The van der Waals surface area contributed by atoms with Crippen molar-refractivity contribution in [2.24, 2.45) is 17.2 Å². The molecule has 0 amide bonds. The van der Waals surface area contributed by atoms with Gasteiger partial charge in [0.05, 0.1) is 37.9 Å². The van der Waals surface area contributed by atoms with E-state index < -0.39 is 0 Å². The highest BCUT2D eigenvalue weighted by molar-refractivity contribution is 9.09. The quantitative estimate of drug-likeness (QED) is 0.0366. The van der Waals surface area contributed by atoms with Crippen molar-refractivity contribution in [2.45, 2.75) is 147 Å². The van der Waals surface area contributed by atoms with Gasteiger partial charge in [-0.05, 0) is 42.4 Å². The van der Waals surface area contributed by atoms with E-state index in [1.54, 1.807) is 0 Å². The van der Waals surface area contributed by atoms with Gasteiger partial charge in [0.1, 0.15) is 0 Å². The van der Waals surface area contributed by atoms with Crippen LogP contribution in [0.1, 0.15) is 163 Å². The summed E-state index contributed by atoms with van der Waals surface area (Å²) in [6, 6.07) is 29.6. The molecule has 59 heavy (non-hydrogen) atoms. The zero-order chi connectivity index (χ0) is 40.6. The number of ether oxygens (including phenoxy) is 2. The number of hydrogen-bond acceptors (Lipinski definition) is 6. The Bertz CT molecular complexity index is 1140. The summed E-state index contributed by atoms with van der Waals surface area (Å²) in [5, 5.41) is 11.0. The first-order valence-corrected chi connectivity index (χ1v) is 24.1. The van der Waals surface area contributed by atoms with Crippen molar-refractivity contribution in [2.75, 3.05) is 43.7 Å². The standard InChI is InChI=1S/C28H44N2O2.C12H24Br2.C8H11NO.3H2S/c29-27(25-17-11-9-12-18-25)23-31-21-15-7-5-3-1-2-4-6-8-16-22-32-24-28(30)26-19-13-10-14-20-26;13-11-9-7-5-3-1-2-4-6-8-10-12-14;9-8(6-10)7-4-2-1-3-5-7;;;/h9-14,17-20,27-28H,1-8,15-16,21-24,29-30H2;1-12H2;1-5,8,10H,6,9H2;3*1H2/t27-,28-;;8-;;;/m1.1.../s1. The average Bonchev–Trinajstić information content (AvgIpc) is 3.25. The second-order valence-electron chi connectivity index (χ2n) is 14.8. The molecular formula is C48H85Br2N3O3S3. The van der Waals surface area contributed by atoms with E-state index in [2.05, 4.69) is 56.1 Å². The number of unbranched alkanes of at least 4 members (excludes halogenated alkanes) is 18. The molecule has 3 aromatic carbocycles. The molecule has 3 rings (SSSR count). The minimum Gasteiger partial charge on any atom is -0.394 e. The first kappa shape index (κ1) is 62.7. The minimum absolute atomic E-state index is 0. The Hall–Kier alpha value is -0.570. The van der Waals surface area contributed by atoms with Gasteiger partial charge in [-0.3, -0.25) is 0 Å². The van der Waals surface area contributed by atoms with E-state index in [-0.39, 0.29) is 65.2 Å². The van der Waals surface area contributed by atoms with Crippen molar-refractivity contribution in [3.05, 3.63) is 108 Å². The van der Waals surface area contributed by atoms with Crippen molar-refractivity contribution < 1.29 is 14.6 Å². The molecule has 6 nitrogen and oxygen atoms in total. The molecule has 0 heterocycles. The van der Waals surface area contributed by atoms with E-state index >= 15 is 0 Å². The molecule has 0 aliphatic rings. The highest BCUT2D eigenvalue weighted by atomic mass is 79.9. The van der Waals surface area contributed by atoms with Crippen LogP contribution in [0.2, 0.25) is 0 Å². The van der Waals surface area contributed by atoms with Crippen molar-refractivity contribution in [3.8, 4) is 0 Å². The van der Waals surface area contributed by atoms with Gasteiger partial charge in [0.25, 0.3) is 0 Å². The topological polar surface area (TPSA) is 117 Å². The molecule has 0 fully saturated rings. The Morgan fingerprint density at radius 1 is 0.373 bits per heavy atom. The van der Waals surface area contributed by atoms with Gasteiger partial charge in [-0.1, -0.05) is 226 Å². The van der Waals surface area contributed by atoms with Crippen molar-refractivity contribution in [1.29, 1.82) is 0 Å². The number of alkyl halides is 2. The van der Waals surface area contributed by atoms with Gasteiger partial charge in [0.2, 0.25) is 0 Å². The molecule has 11 heteroatoms.